The second-order valence-corrected chi connectivity index (χ2v) is 8.94. The lowest BCUT2D eigenvalue weighted by Gasteiger charge is -2.15. The molecular weight excluding hydrogens is 432 g/mol. The number of benzene rings is 2. The van der Waals surface area contributed by atoms with Gasteiger partial charge in [-0.2, -0.15) is 0 Å². The summed E-state index contributed by atoms with van der Waals surface area (Å²) in [5.74, 6) is -0.337. The molecule has 0 aromatic heterocycles. The van der Waals surface area contributed by atoms with Crippen LogP contribution in [0.15, 0.2) is 51.8 Å². The smallest absolute Gasteiger partial charge is 0.261 e. The molecule has 2 N–H and O–H groups in total. The lowest BCUT2D eigenvalue weighted by atomic mass is 10.1. The zero-order chi connectivity index (χ0) is 19.4. The summed E-state index contributed by atoms with van der Waals surface area (Å²) in [4.78, 5) is 12.7. The highest BCUT2D eigenvalue weighted by Crippen LogP contribution is 2.24. The summed E-state index contributed by atoms with van der Waals surface area (Å²) in [6, 6.07) is 11.3. The van der Waals surface area contributed by atoms with Crippen molar-refractivity contribution in [2.75, 3.05) is 17.9 Å². The summed E-state index contributed by atoms with van der Waals surface area (Å²) in [6.45, 7) is 2.94. The number of carbonyl (C=O) groups is 1. The van der Waals surface area contributed by atoms with E-state index in [0.29, 0.717) is 13.2 Å². The molecular formula is C19H21BrN2O4S. The van der Waals surface area contributed by atoms with Crippen LogP contribution in [0.2, 0.25) is 0 Å². The van der Waals surface area contributed by atoms with Gasteiger partial charge in [0.05, 0.1) is 22.3 Å². The second kappa shape index (κ2) is 8.41. The van der Waals surface area contributed by atoms with Crippen LogP contribution in [0.3, 0.4) is 0 Å². The highest BCUT2D eigenvalue weighted by molar-refractivity contribution is 9.10. The zero-order valence-corrected chi connectivity index (χ0v) is 17.3. The first-order valence-electron chi connectivity index (χ1n) is 8.64. The molecule has 27 heavy (non-hydrogen) atoms. The van der Waals surface area contributed by atoms with E-state index in [0.717, 1.165) is 22.9 Å². The maximum atomic E-state index is 12.7. The minimum Gasteiger partial charge on any atom is -0.376 e. The van der Waals surface area contributed by atoms with Gasteiger partial charge in [0.1, 0.15) is 0 Å². The third-order valence-electron chi connectivity index (χ3n) is 4.37. The maximum absolute atomic E-state index is 12.7. The lowest BCUT2D eigenvalue weighted by molar-refractivity contribution is 0.0858. The zero-order valence-electron chi connectivity index (χ0n) is 14.9. The van der Waals surface area contributed by atoms with Gasteiger partial charge >= 0.3 is 0 Å². The summed E-state index contributed by atoms with van der Waals surface area (Å²) in [6.07, 6.45) is 1.92. The quantitative estimate of drug-likeness (QED) is 0.702. The van der Waals surface area contributed by atoms with Gasteiger partial charge in [-0.05, 0) is 55.7 Å². The van der Waals surface area contributed by atoms with Crippen LogP contribution in [-0.4, -0.2) is 33.6 Å². The SMILES string of the molecule is Cc1cc(S(=O)(=O)Nc2ccccc2C(=O)NC[C@H]2CCCO2)ccc1Br. The summed E-state index contributed by atoms with van der Waals surface area (Å²) in [5, 5.41) is 2.82. The second-order valence-electron chi connectivity index (χ2n) is 6.41. The maximum Gasteiger partial charge on any atom is 0.261 e. The fourth-order valence-electron chi connectivity index (χ4n) is 2.87. The molecule has 1 fully saturated rings. The van der Waals surface area contributed by atoms with Crippen LogP contribution in [-0.2, 0) is 14.8 Å². The van der Waals surface area contributed by atoms with Gasteiger partial charge in [0.2, 0.25) is 0 Å². The van der Waals surface area contributed by atoms with Crippen molar-refractivity contribution in [3.8, 4) is 0 Å². The molecule has 0 saturated carbocycles. The van der Waals surface area contributed by atoms with Crippen molar-refractivity contribution < 1.29 is 17.9 Å². The Kier molecular flexibility index (Phi) is 6.18. The van der Waals surface area contributed by atoms with Gasteiger partial charge in [0, 0.05) is 17.6 Å². The Bertz CT molecular complexity index is 940. The van der Waals surface area contributed by atoms with Crippen molar-refractivity contribution in [2.45, 2.75) is 30.8 Å². The van der Waals surface area contributed by atoms with E-state index in [1.54, 1.807) is 36.4 Å². The van der Waals surface area contributed by atoms with Gasteiger partial charge in [-0.3, -0.25) is 9.52 Å². The number of nitrogens with one attached hydrogen (secondary N) is 2. The molecule has 1 atom stereocenters. The van der Waals surface area contributed by atoms with Crippen molar-refractivity contribution in [1.29, 1.82) is 0 Å². The van der Waals surface area contributed by atoms with Gasteiger partial charge in [0.15, 0.2) is 0 Å². The summed E-state index contributed by atoms with van der Waals surface area (Å²) in [7, 11) is -3.81. The van der Waals surface area contributed by atoms with Gasteiger partial charge in [0.25, 0.3) is 15.9 Å². The Morgan fingerprint density at radius 3 is 2.74 bits per heavy atom. The Balaban J connectivity index is 1.78. The molecule has 144 valence electrons. The molecule has 1 aliphatic heterocycles. The lowest BCUT2D eigenvalue weighted by Crippen LogP contribution is -2.32. The first-order valence-corrected chi connectivity index (χ1v) is 10.9. The standard InChI is InChI=1S/C19H21BrN2O4S/c1-13-11-15(8-9-17(13)20)27(24,25)22-18-7-3-2-6-16(18)19(23)21-12-14-5-4-10-26-14/h2-3,6-9,11,14,22H,4-5,10,12H2,1H3,(H,21,23)/t14-/m1/s1. The van der Waals surface area contributed by atoms with Gasteiger partial charge in [-0.25, -0.2) is 8.42 Å². The third-order valence-corrected chi connectivity index (χ3v) is 6.62. The molecule has 0 radical (unpaired) electrons. The topological polar surface area (TPSA) is 84.5 Å². The molecule has 1 amide bonds. The van der Waals surface area contributed by atoms with Crippen LogP contribution in [0.1, 0.15) is 28.8 Å². The number of halogens is 1. The van der Waals surface area contributed by atoms with Crippen molar-refractivity contribution in [2.24, 2.45) is 0 Å². The minimum absolute atomic E-state index is 0.0172. The van der Waals surface area contributed by atoms with Crippen molar-refractivity contribution in [1.82, 2.24) is 5.32 Å². The highest BCUT2D eigenvalue weighted by atomic mass is 79.9. The van der Waals surface area contributed by atoms with E-state index >= 15 is 0 Å². The van der Waals surface area contributed by atoms with Gasteiger partial charge in [-0.15, -0.1) is 0 Å². The van der Waals surface area contributed by atoms with Crippen LogP contribution in [0.5, 0.6) is 0 Å². The molecule has 0 aliphatic carbocycles. The largest absolute Gasteiger partial charge is 0.376 e. The van der Waals surface area contributed by atoms with E-state index in [9.17, 15) is 13.2 Å². The predicted molar refractivity (Wildman–Crippen MR) is 107 cm³/mol. The number of anilines is 1. The van der Waals surface area contributed by atoms with E-state index < -0.39 is 10.0 Å². The Morgan fingerprint density at radius 1 is 1.26 bits per heavy atom. The molecule has 0 unspecified atom stereocenters. The third kappa shape index (κ3) is 4.88. The average Bonchev–Trinajstić information content (AvgIpc) is 3.15. The normalized spacial score (nSPS) is 16.9. The summed E-state index contributed by atoms with van der Waals surface area (Å²) >= 11 is 3.36. The van der Waals surface area contributed by atoms with Crippen LogP contribution >= 0.6 is 15.9 Å². The van der Waals surface area contributed by atoms with Gasteiger partial charge in [-0.1, -0.05) is 28.1 Å². The van der Waals surface area contributed by atoms with Crippen LogP contribution in [0, 0.1) is 6.92 Å². The number of hydrogen-bond donors (Lipinski definition) is 2. The van der Waals surface area contributed by atoms with Gasteiger partial charge < -0.3 is 10.1 Å². The molecule has 3 rings (SSSR count). The first-order chi connectivity index (χ1) is 12.9. The molecule has 1 aliphatic rings. The van der Waals surface area contributed by atoms with Crippen LogP contribution in [0.25, 0.3) is 0 Å². The number of sulfonamides is 1. The van der Waals surface area contributed by atoms with Crippen LogP contribution in [0.4, 0.5) is 5.69 Å². The Labute approximate surface area is 167 Å². The minimum atomic E-state index is -3.81. The molecule has 0 spiro atoms. The van der Waals surface area contributed by atoms with E-state index in [1.165, 1.54) is 6.07 Å². The monoisotopic (exact) mass is 452 g/mol. The molecule has 1 heterocycles. The number of ether oxygens (including phenoxy) is 1. The van der Waals surface area contributed by atoms with Crippen molar-refractivity contribution in [3.05, 3.63) is 58.1 Å². The number of aryl methyl sites for hydroxylation is 1. The number of para-hydroxylation sites is 1. The number of hydrogen-bond acceptors (Lipinski definition) is 4. The summed E-state index contributed by atoms with van der Waals surface area (Å²) in [5.41, 5.74) is 1.32. The molecule has 6 nitrogen and oxygen atoms in total. The predicted octanol–water partition coefficient (Wildman–Crippen LogP) is 3.47. The Morgan fingerprint density at radius 2 is 2.04 bits per heavy atom. The van der Waals surface area contributed by atoms with E-state index in [1.807, 2.05) is 6.92 Å². The Hall–Kier alpha value is -1.90. The fourth-order valence-corrected chi connectivity index (χ4v) is 4.28. The van der Waals surface area contributed by atoms with E-state index in [4.69, 9.17) is 4.74 Å². The average molecular weight is 453 g/mol. The number of rotatable bonds is 6. The molecule has 8 heteroatoms. The highest BCUT2D eigenvalue weighted by Gasteiger charge is 2.21. The fraction of sp³-hybridized carbons (Fsp3) is 0.316. The molecule has 2 aromatic rings. The summed E-state index contributed by atoms with van der Waals surface area (Å²) < 4.78 is 34.3. The molecule has 1 saturated heterocycles. The van der Waals surface area contributed by atoms with Crippen molar-refractivity contribution >= 4 is 37.5 Å². The molecule has 2 aromatic carbocycles. The van der Waals surface area contributed by atoms with Crippen molar-refractivity contribution in [3.63, 3.8) is 0 Å². The molecule has 0 bridgehead atoms. The van der Waals surface area contributed by atoms with E-state index in [-0.39, 0.29) is 28.2 Å². The first kappa shape index (κ1) is 19.9. The number of amides is 1. The van der Waals surface area contributed by atoms with E-state index in [2.05, 4.69) is 26.0 Å². The number of carbonyl (C=O) groups excluding carboxylic acids is 1. The van der Waals surface area contributed by atoms with Crippen LogP contribution < -0.4 is 10.0 Å².